The Morgan fingerprint density at radius 1 is 1.20 bits per heavy atom. The van der Waals surface area contributed by atoms with E-state index in [0.29, 0.717) is 30.1 Å². The first-order chi connectivity index (χ1) is 9.09. The molecule has 0 aromatic rings. The highest BCUT2D eigenvalue weighted by Gasteiger charge is 2.58. The van der Waals surface area contributed by atoms with Crippen molar-refractivity contribution in [3.05, 3.63) is 0 Å². The van der Waals surface area contributed by atoms with Gasteiger partial charge in [-0.25, -0.2) is 4.99 Å². The number of halogens is 1. The normalized spacial score (nSPS) is 36.7. The summed E-state index contributed by atoms with van der Waals surface area (Å²) in [7, 11) is 0. The zero-order chi connectivity index (χ0) is 13.5. The lowest BCUT2D eigenvalue weighted by Crippen LogP contribution is -2.64. The third-order valence-corrected chi connectivity index (χ3v) is 5.25. The molecule has 0 amide bonds. The molecule has 1 aliphatic heterocycles. The standard InChI is InChI=1S/C15H27N3O.HI/c1-15(2)12(11-8-5-9-19-13(11)15)18-14(16)17-10-6-3-4-7-10;/h10-13H,3-9H2,1-2H3,(H3,16,17,18);1H. The molecular weight excluding hydrogens is 365 g/mol. The molecule has 3 atom stereocenters. The summed E-state index contributed by atoms with van der Waals surface area (Å²) in [6.07, 6.45) is 7.89. The van der Waals surface area contributed by atoms with E-state index >= 15 is 0 Å². The van der Waals surface area contributed by atoms with Crippen LogP contribution in [0.2, 0.25) is 0 Å². The smallest absolute Gasteiger partial charge is 0.189 e. The second-order valence-corrected chi connectivity index (χ2v) is 7.00. The minimum absolute atomic E-state index is 0. The van der Waals surface area contributed by atoms with E-state index in [1.165, 1.54) is 38.5 Å². The molecule has 116 valence electrons. The van der Waals surface area contributed by atoms with Gasteiger partial charge in [-0.3, -0.25) is 0 Å². The summed E-state index contributed by atoms with van der Waals surface area (Å²) in [5, 5.41) is 3.40. The average molecular weight is 393 g/mol. The number of fused-ring (bicyclic) bond motifs is 1. The molecular formula is C15H28IN3O. The van der Waals surface area contributed by atoms with E-state index in [2.05, 4.69) is 19.2 Å². The van der Waals surface area contributed by atoms with Crippen molar-refractivity contribution in [3.8, 4) is 0 Å². The van der Waals surface area contributed by atoms with Crippen LogP contribution in [0, 0.1) is 11.3 Å². The van der Waals surface area contributed by atoms with Gasteiger partial charge in [-0.05, 0) is 25.7 Å². The van der Waals surface area contributed by atoms with Crippen LogP contribution in [-0.2, 0) is 4.74 Å². The Bertz CT molecular complexity index is 366. The van der Waals surface area contributed by atoms with Gasteiger partial charge in [0.25, 0.3) is 0 Å². The summed E-state index contributed by atoms with van der Waals surface area (Å²) in [5.41, 5.74) is 6.24. The Morgan fingerprint density at radius 3 is 2.60 bits per heavy atom. The molecule has 0 aromatic carbocycles. The Kier molecular flexibility index (Phi) is 5.21. The van der Waals surface area contributed by atoms with Crippen molar-refractivity contribution in [2.24, 2.45) is 22.1 Å². The molecule has 0 spiro atoms. The summed E-state index contributed by atoms with van der Waals surface area (Å²) in [6, 6.07) is 0.872. The number of nitrogens with one attached hydrogen (secondary N) is 1. The van der Waals surface area contributed by atoms with Gasteiger partial charge in [-0.15, -0.1) is 24.0 Å². The minimum Gasteiger partial charge on any atom is -0.377 e. The van der Waals surface area contributed by atoms with Gasteiger partial charge < -0.3 is 15.8 Å². The second kappa shape index (κ2) is 6.38. The van der Waals surface area contributed by atoms with Crippen molar-refractivity contribution in [1.29, 1.82) is 0 Å². The summed E-state index contributed by atoms with van der Waals surface area (Å²) in [4.78, 5) is 4.79. The van der Waals surface area contributed by atoms with Gasteiger partial charge >= 0.3 is 0 Å². The zero-order valence-corrected chi connectivity index (χ0v) is 14.9. The van der Waals surface area contributed by atoms with E-state index in [9.17, 15) is 0 Å². The van der Waals surface area contributed by atoms with Crippen molar-refractivity contribution in [2.45, 2.75) is 70.6 Å². The Morgan fingerprint density at radius 2 is 1.90 bits per heavy atom. The molecule has 3 unspecified atom stereocenters. The number of nitrogens with zero attached hydrogens (tertiary/aromatic N) is 1. The van der Waals surface area contributed by atoms with Crippen LogP contribution in [0.5, 0.6) is 0 Å². The largest absolute Gasteiger partial charge is 0.377 e. The lowest BCUT2D eigenvalue weighted by atomic mass is 9.55. The number of ether oxygens (including phenoxy) is 1. The number of guanidine groups is 1. The highest BCUT2D eigenvalue weighted by molar-refractivity contribution is 14.0. The fourth-order valence-corrected chi connectivity index (χ4v) is 4.22. The van der Waals surface area contributed by atoms with Crippen molar-refractivity contribution in [2.75, 3.05) is 6.61 Å². The maximum Gasteiger partial charge on any atom is 0.189 e. The maximum atomic E-state index is 6.10. The van der Waals surface area contributed by atoms with Crippen LogP contribution >= 0.6 is 24.0 Å². The zero-order valence-electron chi connectivity index (χ0n) is 12.6. The fourth-order valence-electron chi connectivity index (χ4n) is 4.22. The molecule has 3 fully saturated rings. The lowest BCUT2D eigenvalue weighted by Gasteiger charge is -2.58. The van der Waals surface area contributed by atoms with Crippen LogP contribution in [0.15, 0.2) is 4.99 Å². The summed E-state index contributed by atoms with van der Waals surface area (Å²) < 4.78 is 5.91. The molecule has 4 nitrogen and oxygen atoms in total. The van der Waals surface area contributed by atoms with Crippen molar-refractivity contribution in [3.63, 3.8) is 0 Å². The van der Waals surface area contributed by atoms with Gasteiger partial charge in [0, 0.05) is 24.0 Å². The molecule has 2 saturated carbocycles. The molecule has 1 saturated heterocycles. The molecule has 1 heterocycles. The SMILES string of the molecule is CC1(C)C(N=C(N)NC2CCCC2)C2CCCOC21.I. The number of hydrogen-bond donors (Lipinski definition) is 2. The Hall–Kier alpha value is -0.0400. The first-order valence-corrected chi connectivity index (χ1v) is 7.80. The third-order valence-electron chi connectivity index (χ3n) is 5.25. The molecule has 5 heteroatoms. The molecule has 0 aromatic heterocycles. The highest BCUT2D eigenvalue weighted by Crippen LogP contribution is 2.52. The van der Waals surface area contributed by atoms with Crippen LogP contribution < -0.4 is 11.1 Å². The summed E-state index contributed by atoms with van der Waals surface area (Å²) in [5.74, 6) is 1.22. The van der Waals surface area contributed by atoms with Crippen LogP contribution in [0.1, 0.15) is 52.4 Å². The van der Waals surface area contributed by atoms with Crippen molar-refractivity contribution >= 4 is 29.9 Å². The Labute approximate surface area is 139 Å². The maximum absolute atomic E-state index is 6.10. The van der Waals surface area contributed by atoms with E-state index in [1.807, 2.05) is 0 Å². The van der Waals surface area contributed by atoms with E-state index in [0.717, 1.165) is 6.61 Å². The van der Waals surface area contributed by atoms with Gasteiger partial charge in [0.15, 0.2) is 5.96 Å². The van der Waals surface area contributed by atoms with Gasteiger partial charge in [-0.1, -0.05) is 26.7 Å². The predicted molar refractivity (Wildman–Crippen MR) is 92.5 cm³/mol. The highest BCUT2D eigenvalue weighted by atomic mass is 127. The second-order valence-electron chi connectivity index (χ2n) is 7.00. The predicted octanol–water partition coefficient (Wildman–Crippen LogP) is 2.65. The fraction of sp³-hybridized carbons (Fsp3) is 0.933. The molecule has 3 N–H and O–H groups in total. The monoisotopic (exact) mass is 393 g/mol. The third kappa shape index (κ3) is 2.93. The minimum atomic E-state index is 0. The molecule has 3 aliphatic rings. The molecule has 0 radical (unpaired) electrons. The van der Waals surface area contributed by atoms with Crippen molar-refractivity contribution < 1.29 is 4.74 Å². The first kappa shape index (κ1) is 16.3. The quantitative estimate of drug-likeness (QED) is 0.431. The van der Waals surface area contributed by atoms with Crippen LogP contribution in [-0.4, -0.2) is 30.8 Å². The summed E-state index contributed by atoms with van der Waals surface area (Å²) >= 11 is 0. The lowest BCUT2D eigenvalue weighted by molar-refractivity contribution is -0.182. The summed E-state index contributed by atoms with van der Waals surface area (Å²) in [6.45, 7) is 5.43. The van der Waals surface area contributed by atoms with Gasteiger partial charge in [0.1, 0.15) is 0 Å². The van der Waals surface area contributed by atoms with Crippen LogP contribution in [0.3, 0.4) is 0 Å². The average Bonchev–Trinajstić information content (AvgIpc) is 2.89. The number of hydrogen-bond acceptors (Lipinski definition) is 2. The van der Waals surface area contributed by atoms with Gasteiger partial charge in [0.05, 0.1) is 12.1 Å². The van der Waals surface area contributed by atoms with Crippen LogP contribution in [0.4, 0.5) is 0 Å². The van der Waals surface area contributed by atoms with E-state index in [1.54, 1.807) is 0 Å². The van der Waals surface area contributed by atoms with Crippen LogP contribution in [0.25, 0.3) is 0 Å². The topological polar surface area (TPSA) is 59.6 Å². The van der Waals surface area contributed by atoms with Crippen molar-refractivity contribution in [1.82, 2.24) is 5.32 Å². The van der Waals surface area contributed by atoms with E-state index in [-0.39, 0.29) is 29.4 Å². The molecule has 0 bridgehead atoms. The van der Waals surface area contributed by atoms with Gasteiger partial charge in [0.2, 0.25) is 0 Å². The van der Waals surface area contributed by atoms with E-state index < -0.39 is 0 Å². The molecule has 3 rings (SSSR count). The molecule has 2 aliphatic carbocycles. The first-order valence-electron chi connectivity index (χ1n) is 7.80. The molecule has 20 heavy (non-hydrogen) atoms. The number of aliphatic imine (C=N–C) groups is 1. The van der Waals surface area contributed by atoms with E-state index in [4.69, 9.17) is 15.5 Å². The van der Waals surface area contributed by atoms with Gasteiger partial charge in [-0.2, -0.15) is 0 Å². The number of nitrogens with two attached hydrogens (primary N) is 1. The number of rotatable bonds is 2. The Balaban J connectivity index is 0.00000147.